The van der Waals surface area contributed by atoms with Gasteiger partial charge in [-0.1, -0.05) is 12.1 Å². The minimum absolute atomic E-state index is 0.173. The van der Waals surface area contributed by atoms with Gasteiger partial charge < -0.3 is 5.32 Å². The SMILES string of the molecule is Cc1cnc(Cl)nc1Nc1cccc(CNS(=O)(=O)C2CC2)c1. The lowest BCUT2D eigenvalue weighted by Gasteiger charge is -2.10. The molecule has 2 aromatic rings. The summed E-state index contributed by atoms with van der Waals surface area (Å²) in [5.74, 6) is 0.626. The molecule has 3 rings (SSSR count). The fraction of sp³-hybridized carbons (Fsp3) is 0.333. The van der Waals surface area contributed by atoms with Gasteiger partial charge in [-0.25, -0.2) is 23.1 Å². The second-order valence-electron chi connectivity index (χ2n) is 5.56. The van der Waals surface area contributed by atoms with Crippen molar-refractivity contribution in [2.75, 3.05) is 5.32 Å². The van der Waals surface area contributed by atoms with Crippen LogP contribution in [0.5, 0.6) is 0 Å². The smallest absolute Gasteiger partial charge is 0.224 e. The van der Waals surface area contributed by atoms with Crippen molar-refractivity contribution in [3.8, 4) is 0 Å². The summed E-state index contributed by atoms with van der Waals surface area (Å²) in [6.07, 6.45) is 3.15. The molecular weight excluding hydrogens is 336 g/mol. The maximum Gasteiger partial charge on any atom is 0.224 e. The van der Waals surface area contributed by atoms with Crippen LogP contribution >= 0.6 is 11.6 Å². The molecule has 1 saturated carbocycles. The standard InChI is InChI=1S/C15H17ClN4O2S/c1-10-8-17-15(16)20-14(10)19-12-4-2-3-11(7-12)9-18-23(21,22)13-5-6-13/h2-4,7-8,13,18H,5-6,9H2,1H3,(H,17,19,20). The van der Waals surface area contributed by atoms with E-state index >= 15 is 0 Å². The maximum absolute atomic E-state index is 11.9. The van der Waals surface area contributed by atoms with E-state index in [0.717, 1.165) is 29.7 Å². The Hall–Kier alpha value is -1.70. The first-order chi connectivity index (χ1) is 10.9. The van der Waals surface area contributed by atoms with Crippen LogP contribution in [0.4, 0.5) is 11.5 Å². The van der Waals surface area contributed by atoms with Gasteiger partial charge in [-0.15, -0.1) is 0 Å². The van der Waals surface area contributed by atoms with Crippen molar-refractivity contribution in [1.82, 2.24) is 14.7 Å². The molecule has 0 aliphatic heterocycles. The van der Waals surface area contributed by atoms with Crippen LogP contribution in [-0.4, -0.2) is 23.6 Å². The fourth-order valence-electron chi connectivity index (χ4n) is 2.12. The van der Waals surface area contributed by atoms with Gasteiger partial charge in [0.15, 0.2) is 0 Å². The van der Waals surface area contributed by atoms with E-state index in [0.29, 0.717) is 5.82 Å². The van der Waals surface area contributed by atoms with Crippen LogP contribution in [0.25, 0.3) is 0 Å². The minimum atomic E-state index is -3.18. The summed E-state index contributed by atoms with van der Waals surface area (Å²) in [6.45, 7) is 2.16. The number of sulfonamides is 1. The van der Waals surface area contributed by atoms with E-state index in [2.05, 4.69) is 20.0 Å². The average Bonchev–Trinajstić information content (AvgIpc) is 3.35. The van der Waals surface area contributed by atoms with Crippen LogP contribution < -0.4 is 10.0 Å². The molecule has 1 aliphatic rings. The highest BCUT2D eigenvalue weighted by Crippen LogP contribution is 2.27. The first kappa shape index (κ1) is 16.2. The monoisotopic (exact) mass is 352 g/mol. The summed E-state index contributed by atoms with van der Waals surface area (Å²) in [4.78, 5) is 8.06. The van der Waals surface area contributed by atoms with Crippen LogP contribution in [0.3, 0.4) is 0 Å². The molecule has 1 aliphatic carbocycles. The van der Waals surface area contributed by atoms with Gasteiger partial charge in [0.1, 0.15) is 5.82 Å². The van der Waals surface area contributed by atoms with Crippen molar-refractivity contribution in [1.29, 1.82) is 0 Å². The van der Waals surface area contributed by atoms with Gasteiger partial charge in [-0.3, -0.25) is 0 Å². The zero-order valence-corrected chi connectivity index (χ0v) is 14.2. The van der Waals surface area contributed by atoms with Crippen molar-refractivity contribution in [3.05, 3.63) is 46.9 Å². The van der Waals surface area contributed by atoms with E-state index < -0.39 is 10.0 Å². The zero-order valence-electron chi connectivity index (χ0n) is 12.6. The molecule has 1 fully saturated rings. The quantitative estimate of drug-likeness (QED) is 0.781. The van der Waals surface area contributed by atoms with Crippen molar-refractivity contribution >= 4 is 33.1 Å². The van der Waals surface area contributed by atoms with E-state index in [1.165, 1.54) is 0 Å². The molecule has 6 nitrogen and oxygen atoms in total. The highest BCUT2D eigenvalue weighted by atomic mass is 35.5. The molecule has 1 heterocycles. The molecule has 0 spiro atoms. The van der Waals surface area contributed by atoms with E-state index in [9.17, 15) is 8.42 Å². The number of nitrogens with zero attached hydrogens (tertiary/aromatic N) is 2. The first-order valence-corrected chi connectivity index (χ1v) is 9.20. The van der Waals surface area contributed by atoms with Crippen LogP contribution in [0.2, 0.25) is 5.28 Å². The van der Waals surface area contributed by atoms with Crippen LogP contribution in [0, 0.1) is 6.92 Å². The molecule has 2 N–H and O–H groups in total. The van der Waals surface area contributed by atoms with Crippen LogP contribution in [0.15, 0.2) is 30.5 Å². The maximum atomic E-state index is 11.9. The summed E-state index contributed by atoms with van der Waals surface area (Å²) in [7, 11) is -3.18. The number of rotatable bonds is 6. The molecule has 122 valence electrons. The predicted octanol–water partition coefficient (Wildman–Crippen LogP) is 2.76. The molecule has 1 aromatic carbocycles. The number of anilines is 2. The lowest BCUT2D eigenvalue weighted by Crippen LogP contribution is -2.26. The zero-order chi connectivity index (χ0) is 16.4. The van der Waals surface area contributed by atoms with E-state index in [1.807, 2.05) is 31.2 Å². The van der Waals surface area contributed by atoms with Crippen LogP contribution in [-0.2, 0) is 16.6 Å². The summed E-state index contributed by atoms with van der Waals surface area (Å²) >= 11 is 5.81. The summed E-state index contributed by atoms with van der Waals surface area (Å²) in [5, 5.41) is 3.13. The highest BCUT2D eigenvalue weighted by molar-refractivity contribution is 7.90. The number of aromatic nitrogens is 2. The van der Waals surface area contributed by atoms with Gasteiger partial charge in [0, 0.05) is 24.0 Å². The number of hydrogen-bond acceptors (Lipinski definition) is 5. The number of nitrogens with one attached hydrogen (secondary N) is 2. The molecule has 0 radical (unpaired) electrons. The van der Waals surface area contributed by atoms with Gasteiger partial charge in [0.2, 0.25) is 15.3 Å². The summed E-state index contributed by atoms with van der Waals surface area (Å²) in [5.41, 5.74) is 2.55. The average molecular weight is 353 g/mol. The van der Waals surface area contributed by atoms with E-state index in [1.54, 1.807) is 6.20 Å². The van der Waals surface area contributed by atoms with E-state index in [-0.39, 0.29) is 17.1 Å². The highest BCUT2D eigenvalue weighted by Gasteiger charge is 2.35. The Labute approximate surface area is 140 Å². The molecule has 1 aromatic heterocycles. The molecule has 8 heteroatoms. The topological polar surface area (TPSA) is 84.0 Å². The number of aryl methyl sites for hydroxylation is 1. The van der Waals surface area contributed by atoms with Gasteiger partial charge in [0.05, 0.1) is 5.25 Å². The minimum Gasteiger partial charge on any atom is -0.340 e. The normalized spacial score (nSPS) is 14.7. The lowest BCUT2D eigenvalue weighted by molar-refractivity contribution is 0.580. The van der Waals surface area contributed by atoms with Gasteiger partial charge in [-0.05, 0) is 49.1 Å². The Morgan fingerprint density at radius 3 is 2.87 bits per heavy atom. The van der Waals surface area contributed by atoms with Crippen molar-refractivity contribution in [2.24, 2.45) is 0 Å². The van der Waals surface area contributed by atoms with E-state index in [4.69, 9.17) is 11.6 Å². The van der Waals surface area contributed by atoms with Crippen LogP contribution in [0.1, 0.15) is 24.0 Å². The Morgan fingerprint density at radius 2 is 2.13 bits per heavy atom. The third-order valence-electron chi connectivity index (χ3n) is 3.57. The number of benzene rings is 1. The van der Waals surface area contributed by atoms with Crippen molar-refractivity contribution < 1.29 is 8.42 Å². The molecule has 0 bridgehead atoms. The largest absolute Gasteiger partial charge is 0.340 e. The Morgan fingerprint density at radius 1 is 1.35 bits per heavy atom. The summed E-state index contributed by atoms with van der Waals surface area (Å²) < 4.78 is 26.4. The van der Waals surface area contributed by atoms with Gasteiger partial charge in [0.25, 0.3) is 0 Å². The Kier molecular flexibility index (Phi) is 4.52. The Balaban J connectivity index is 1.71. The predicted molar refractivity (Wildman–Crippen MR) is 90.3 cm³/mol. The second-order valence-corrected chi connectivity index (χ2v) is 7.94. The molecule has 0 atom stereocenters. The summed E-state index contributed by atoms with van der Waals surface area (Å²) in [6, 6.07) is 7.50. The second kappa shape index (κ2) is 6.43. The number of hydrogen-bond donors (Lipinski definition) is 2. The van der Waals surface area contributed by atoms with Crippen molar-refractivity contribution in [2.45, 2.75) is 31.6 Å². The molecule has 0 saturated heterocycles. The third-order valence-corrected chi connectivity index (χ3v) is 5.65. The third kappa shape index (κ3) is 4.19. The van der Waals surface area contributed by atoms with Crippen molar-refractivity contribution in [3.63, 3.8) is 0 Å². The fourth-order valence-corrected chi connectivity index (χ4v) is 3.62. The first-order valence-electron chi connectivity index (χ1n) is 7.27. The number of halogens is 1. The molecular formula is C15H17ClN4O2S. The van der Waals surface area contributed by atoms with Gasteiger partial charge in [-0.2, -0.15) is 0 Å². The molecule has 23 heavy (non-hydrogen) atoms. The molecule has 0 amide bonds. The van der Waals surface area contributed by atoms with Gasteiger partial charge >= 0.3 is 0 Å². The lowest BCUT2D eigenvalue weighted by atomic mass is 10.2. The molecule has 0 unspecified atom stereocenters. The Bertz CT molecular complexity index is 822.